The lowest BCUT2D eigenvalue weighted by Gasteiger charge is -2.29. The monoisotopic (exact) mass is 125 g/mol. The molecule has 0 aromatic rings. The van der Waals surface area contributed by atoms with Crippen LogP contribution in [0, 0.1) is 0 Å². The van der Waals surface area contributed by atoms with E-state index in [4.69, 9.17) is 0 Å². The van der Waals surface area contributed by atoms with Crippen LogP contribution in [-0.2, 0) is 0 Å². The predicted molar refractivity (Wildman–Crippen MR) is 47.8 cm³/mol. The van der Waals surface area contributed by atoms with Crippen molar-refractivity contribution in [1.29, 1.82) is 0 Å². The van der Waals surface area contributed by atoms with Gasteiger partial charge in [0.1, 0.15) is 0 Å². The first-order valence-corrected chi connectivity index (χ1v) is 3.85. The van der Waals surface area contributed by atoms with Gasteiger partial charge in [0.25, 0.3) is 0 Å². The molecule has 0 N–H and O–H groups in total. The largest absolute Gasteiger partial charge is 0.349 e. The van der Waals surface area contributed by atoms with E-state index in [1.807, 2.05) is 0 Å². The third-order valence-corrected chi connectivity index (χ3v) is 1.69. The Kier molecular flexibility index (Phi) is 4.03. The molecule has 52 valence electrons. The molecule has 0 spiro atoms. The topological polar surface area (TPSA) is 3.24 Å². The van der Waals surface area contributed by atoms with Crippen LogP contribution >= 0.6 is 0 Å². The Bertz CT molecular complexity index is 65.5. The molecule has 0 saturated carbocycles. The number of rotatable bonds is 3. The smallest absolute Gasteiger partial charge is 0.161 e. The van der Waals surface area contributed by atoms with Crippen LogP contribution in [0.3, 0.4) is 0 Å². The van der Waals surface area contributed by atoms with Crippen LogP contribution in [0.2, 0.25) is 0 Å². The molecule has 3 heteroatoms. The fraction of sp³-hybridized carbons (Fsp3) is 1.00. The van der Waals surface area contributed by atoms with E-state index >= 15 is 0 Å². The van der Waals surface area contributed by atoms with Crippen LogP contribution < -0.4 is 0 Å². The summed E-state index contributed by atoms with van der Waals surface area (Å²) in [6, 6.07) is 1.38. The quantitative estimate of drug-likeness (QED) is 0.480. The molecule has 9 heavy (non-hydrogen) atoms. The molecule has 0 radical (unpaired) electrons. The van der Waals surface area contributed by atoms with Crippen LogP contribution in [0.4, 0.5) is 0 Å². The average molecular weight is 125 g/mol. The summed E-state index contributed by atoms with van der Waals surface area (Å²) in [5.74, 6) is 0. The summed E-state index contributed by atoms with van der Waals surface area (Å²) in [6.45, 7) is 8.96. The zero-order chi connectivity index (χ0) is 7.44. The Balaban J connectivity index is 3.68. The van der Waals surface area contributed by atoms with E-state index in [1.54, 1.807) is 0 Å². The third kappa shape index (κ3) is 2.95. The highest BCUT2D eigenvalue weighted by atomic mass is 15.1. The van der Waals surface area contributed by atoms with Gasteiger partial charge in [-0.25, -0.2) is 0 Å². The lowest BCUT2D eigenvalue weighted by molar-refractivity contribution is 0.317. The van der Waals surface area contributed by atoms with Crippen molar-refractivity contribution in [2.45, 2.75) is 39.8 Å². The fourth-order valence-corrected chi connectivity index (χ4v) is 1.33. The molecule has 0 fully saturated rings. The molecule has 1 nitrogen and oxygen atoms in total. The SMILES string of the molecule is BBN(C(C)C)C(C)C. The van der Waals surface area contributed by atoms with Crippen LogP contribution in [-0.4, -0.2) is 31.9 Å². The summed E-state index contributed by atoms with van der Waals surface area (Å²) in [5.41, 5.74) is 0. The number of hydrogen-bond donors (Lipinski definition) is 0. The summed E-state index contributed by atoms with van der Waals surface area (Å²) in [4.78, 5) is 2.46. The Labute approximate surface area is 60.5 Å². The molecule has 0 aliphatic heterocycles. The van der Waals surface area contributed by atoms with E-state index < -0.39 is 0 Å². The highest BCUT2D eigenvalue weighted by Crippen LogP contribution is 2.00. The molecule has 0 aliphatic rings. The Morgan fingerprint density at radius 3 is 1.44 bits per heavy atom. The van der Waals surface area contributed by atoms with E-state index in [2.05, 4.69) is 40.2 Å². The van der Waals surface area contributed by atoms with Crippen molar-refractivity contribution in [3.63, 3.8) is 0 Å². The molecular formula is C6H17B2N. The molecule has 0 saturated heterocycles. The molecule has 0 aliphatic carbocycles. The van der Waals surface area contributed by atoms with Crippen molar-refractivity contribution >= 4 is 15.0 Å². The van der Waals surface area contributed by atoms with Gasteiger partial charge >= 0.3 is 0 Å². The van der Waals surface area contributed by atoms with Gasteiger partial charge in [0, 0.05) is 0 Å². The minimum absolute atomic E-state index is 0.690. The number of hydrogen-bond acceptors (Lipinski definition) is 1. The summed E-state index contributed by atoms with van der Waals surface area (Å²) in [7, 11) is 3.37. The van der Waals surface area contributed by atoms with Gasteiger partial charge in [-0.05, 0) is 12.1 Å². The zero-order valence-electron chi connectivity index (χ0n) is 7.31. The molecule has 0 aromatic heterocycles. The van der Waals surface area contributed by atoms with Crippen molar-refractivity contribution in [3.8, 4) is 0 Å². The molecule has 0 unspecified atom stereocenters. The first kappa shape index (κ1) is 9.09. The van der Waals surface area contributed by atoms with E-state index in [1.165, 1.54) is 0 Å². The molecule has 0 aromatic carbocycles. The maximum absolute atomic E-state index is 2.46. The van der Waals surface area contributed by atoms with Crippen molar-refractivity contribution in [2.75, 3.05) is 0 Å². The molecule has 0 heterocycles. The van der Waals surface area contributed by atoms with Crippen LogP contribution in [0.25, 0.3) is 0 Å². The Morgan fingerprint density at radius 1 is 1.11 bits per heavy atom. The number of nitrogens with zero attached hydrogens (tertiary/aromatic N) is 1. The minimum atomic E-state index is 0.690. The van der Waals surface area contributed by atoms with Crippen molar-refractivity contribution in [3.05, 3.63) is 0 Å². The molecule has 0 amide bonds. The van der Waals surface area contributed by atoms with E-state index in [-0.39, 0.29) is 0 Å². The van der Waals surface area contributed by atoms with Crippen molar-refractivity contribution in [1.82, 2.24) is 4.81 Å². The van der Waals surface area contributed by atoms with Crippen LogP contribution in [0.5, 0.6) is 0 Å². The van der Waals surface area contributed by atoms with Gasteiger partial charge < -0.3 is 4.81 Å². The van der Waals surface area contributed by atoms with Crippen LogP contribution in [0.1, 0.15) is 27.7 Å². The first-order chi connectivity index (χ1) is 4.09. The molecule has 0 atom stereocenters. The van der Waals surface area contributed by atoms with Gasteiger partial charge in [-0.1, -0.05) is 27.7 Å². The van der Waals surface area contributed by atoms with E-state index in [0.29, 0.717) is 12.1 Å². The second-order valence-corrected chi connectivity index (χ2v) is 3.02. The van der Waals surface area contributed by atoms with E-state index in [9.17, 15) is 0 Å². The van der Waals surface area contributed by atoms with Gasteiger partial charge in [-0.3, -0.25) is 0 Å². The lowest BCUT2D eigenvalue weighted by Crippen LogP contribution is -2.40. The maximum Gasteiger partial charge on any atom is 0.161 e. The van der Waals surface area contributed by atoms with E-state index in [0.717, 1.165) is 7.31 Å². The molecule has 0 bridgehead atoms. The van der Waals surface area contributed by atoms with Crippen molar-refractivity contribution < 1.29 is 0 Å². The highest BCUT2D eigenvalue weighted by molar-refractivity contribution is 6.87. The predicted octanol–water partition coefficient (Wildman–Crippen LogP) is 0.00480. The molecule has 0 rings (SSSR count). The summed E-state index contributed by atoms with van der Waals surface area (Å²) in [6.07, 6.45) is 0. The first-order valence-electron chi connectivity index (χ1n) is 3.85. The highest BCUT2D eigenvalue weighted by Gasteiger charge is 2.09. The maximum atomic E-state index is 2.46. The summed E-state index contributed by atoms with van der Waals surface area (Å²) >= 11 is 0. The minimum Gasteiger partial charge on any atom is -0.349 e. The normalized spacial score (nSPS) is 11.4. The van der Waals surface area contributed by atoms with Gasteiger partial charge in [0.05, 0.1) is 7.74 Å². The Morgan fingerprint density at radius 2 is 1.44 bits per heavy atom. The summed E-state index contributed by atoms with van der Waals surface area (Å²) < 4.78 is 0. The Hall–Kier alpha value is 0.0899. The van der Waals surface area contributed by atoms with Gasteiger partial charge in [0.15, 0.2) is 7.31 Å². The summed E-state index contributed by atoms with van der Waals surface area (Å²) in [5, 5.41) is 0. The third-order valence-electron chi connectivity index (χ3n) is 1.69. The van der Waals surface area contributed by atoms with Gasteiger partial charge in [-0.15, -0.1) is 0 Å². The van der Waals surface area contributed by atoms with Crippen molar-refractivity contribution in [2.24, 2.45) is 0 Å². The molecular weight excluding hydrogens is 108 g/mol. The average Bonchev–Trinajstić information content (AvgIpc) is 1.64. The second kappa shape index (κ2) is 3.99. The van der Waals surface area contributed by atoms with Gasteiger partial charge in [-0.2, -0.15) is 0 Å². The fourth-order valence-electron chi connectivity index (χ4n) is 1.33. The van der Waals surface area contributed by atoms with Crippen LogP contribution in [0.15, 0.2) is 0 Å². The standard InChI is InChI=1S/C6H17B2N/c1-5(2)9(8-7)6(3)4/h5-6,8H,7H2,1-4H3. The lowest BCUT2D eigenvalue weighted by atomic mass is 9.64. The van der Waals surface area contributed by atoms with Gasteiger partial charge in [0.2, 0.25) is 0 Å². The second-order valence-electron chi connectivity index (χ2n) is 3.02. The zero-order valence-corrected chi connectivity index (χ0v) is 7.31.